The molecule has 1 aliphatic rings. The zero-order valence-corrected chi connectivity index (χ0v) is 15.7. The lowest BCUT2D eigenvalue weighted by Crippen LogP contribution is -2.31. The van der Waals surface area contributed by atoms with Gasteiger partial charge in [-0.3, -0.25) is 9.59 Å². The van der Waals surface area contributed by atoms with E-state index >= 15 is 0 Å². The van der Waals surface area contributed by atoms with Crippen LogP contribution in [0.3, 0.4) is 0 Å². The number of ether oxygens (including phenoxy) is 1. The van der Waals surface area contributed by atoms with Crippen molar-refractivity contribution in [3.63, 3.8) is 0 Å². The molecule has 2 amide bonds. The van der Waals surface area contributed by atoms with E-state index in [2.05, 4.69) is 0 Å². The molecule has 0 unspecified atom stereocenters. The van der Waals surface area contributed by atoms with Gasteiger partial charge in [-0.15, -0.1) is 11.8 Å². The molecule has 0 saturated heterocycles. The minimum absolute atomic E-state index is 0.284. The van der Waals surface area contributed by atoms with E-state index in [0.717, 1.165) is 12.0 Å². The average molecular weight is 367 g/mol. The first-order valence-corrected chi connectivity index (χ1v) is 9.70. The van der Waals surface area contributed by atoms with Gasteiger partial charge in [0.05, 0.1) is 22.8 Å². The monoisotopic (exact) mass is 367 g/mol. The molecule has 2 aromatic carbocycles. The standard InChI is InChI=1S/C21H21NO3S/c1-3-14-25-17-13-9-8-12-16(17)22-20(23)18(15-10-6-5-7-11-15)19(21(22)24)26-4-2/h5-13H,3-4,14H2,1-2H3. The molecule has 0 fully saturated rings. The van der Waals surface area contributed by atoms with E-state index in [9.17, 15) is 9.59 Å². The first-order valence-electron chi connectivity index (χ1n) is 8.72. The highest BCUT2D eigenvalue weighted by Crippen LogP contribution is 2.41. The number of carbonyl (C=O) groups excluding carboxylic acids is 2. The van der Waals surface area contributed by atoms with Gasteiger partial charge in [-0.1, -0.05) is 56.3 Å². The second-order valence-corrected chi connectivity index (χ2v) is 7.04. The Morgan fingerprint density at radius 1 is 0.923 bits per heavy atom. The summed E-state index contributed by atoms with van der Waals surface area (Å²) in [6, 6.07) is 16.5. The van der Waals surface area contributed by atoms with E-state index in [1.165, 1.54) is 16.7 Å². The fraction of sp³-hybridized carbons (Fsp3) is 0.238. The molecule has 0 aromatic heterocycles. The zero-order valence-electron chi connectivity index (χ0n) is 14.9. The smallest absolute Gasteiger partial charge is 0.272 e. The lowest BCUT2D eigenvalue weighted by atomic mass is 10.1. The number of benzene rings is 2. The Bertz CT molecular complexity index is 845. The Labute approximate surface area is 157 Å². The highest BCUT2D eigenvalue weighted by atomic mass is 32.2. The van der Waals surface area contributed by atoms with Crippen LogP contribution in [0.5, 0.6) is 5.75 Å². The summed E-state index contributed by atoms with van der Waals surface area (Å²) in [7, 11) is 0. The van der Waals surface area contributed by atoms with Gasteiger partial charge in [0, 0.05) is 0 Å². The second kappa shape index (κ2) is 8.23. The number of nitrogens with zero attached hydrogens (tertiary/aromatic N) is 1. The molecule has 4 nitrogen and oxygen atoms in total. The Morgan fingerprint density at radius 3 is 2.31 bits per heavy atom. The van der Waals surface area contributed by atoms with Crippen LogP contribution in [0.1, 0.15) is 25.8 Å². The molecule has 0 spiro atoms. The number of para-hydroxylation sites is 2. The third-order valence-electron chi connectivity index (χ3n) is 3.96. The van der Waals surface area contributed by atoms with Crippen molar-refractivity contribution in [3.05, 3.63) is 65.1 Å². The van der Waals surface area contributed by atoms with Crippen LogP contribution in [0.25, 0.3) is 5.57 Å². The Hall–Kier alpha value is -2.53. The van der Waals surface area contributed by atoms with Gasteiger partial charge in [0.2, 0.25) is 0 Å². The number of rotatable bonds is 7. The van der Waals surface area contributed by atoms with Crippen molar-refractivity contribution in [3.8, 4) is 5.75 Å². The minimum Gasteiger partial charge on any atom is -0.491 e. The largest absolute Gasteiger partial charge is 0.491 e. The first kappa shape index (κ1) is 18.3. The summed E-state index contributed by atoms with van der Waals surface area (Å²) in [5, 5.41) is 0. The lowest BCUT2D eigenvalue weighted by Gasteiger charge is -2.19. The summed E-state index contributed by atoms with van der Waals surface area (Å²) in [6.45, 7) is 4.52. The van der Waals surface area contributed by atoms with Crippen molar-refractivity contribution in [1.29, 1.82) is 0 Å². The summed E-state index contributed by atoms with van der Waals surface area (Å²) >= 11 is 1.40. The Balaban J connectivity index is 2.05. The molecule has 0 bridgehead atoms. The van der Waals surface area contributed by atoms with Crippen molar-refractivity contribution >= 4 is 34.8 Å². The van der Waals surface area contributed by atoms with Crippen molar-refractivity contribution in [2.75, 3.05) is 17.3 Å². The van der Waals surface area contributed by atoms with Crippen LogP contribution < -0.4 is 9.64 Å². The van der Waals surface area contributed by atoms with Gasteiger partial charge in [0.15, 0.2) is 0 Å². The summed E-state index contributed by atoms with van der Waals surface area (Å²) in [4.78, 5) is 28.0. The quantitative estimate of drug-likeness (QED) is 0.676. The molecule has 0 atom stereocenters. The fourth-order valence-corrected chi connectivity index (χ4v) is 3.69. The lowest BCUT2D eigenvalue weighted by molar-refractivity contribution is -0.119. The van der Waals surface area contributed by atoms with Gasteiger partial charge in [0.25, 0.3) is 11.8 Å². The van der Waals surface area contributed by atoms with E-state index < -0.39 is 0 Å². The molecule has 1 heterocycles. The summed E-state index contributed by atoms with van der Waals surface area (Å²) in [5.74, 6) is 0.677. The van der Waals surface area contributed by atoms with Gasteiger partial charge in [-0.2, -0.15) is 0 Å². The third-order valence-corrected chi connectivity index (χ3v) is 4.92. The summed E-state index contributed by atoms with van der Waals surface area (Å²) < 4.78 is 5.76. The van der Waals surface area contributed by atoms with Crippen LogP contribution in [0.15, 0.2) is 59.5 Å². The molecule has 0 aliphatic carbocycles. The zero-order chi connectivity index (χ0) is 18.5. The maximum Gasteiger partial charge on any atom is 0.272 e. The van der Waals surface area contributed by atoms with Gasteiger partial charge < -0.3 is 4.74 Å². The number of thioether (sulfide) groups is 1. The SMILES string of the molecule is CCCOc1ccccc1N1C(=O)C(SCC)=C(c2ccccc2)C1=O. The van der Waals surface area contributed by atoms with Gasteiger partial charge >= 0.3 is 0 Å². The molecule has 5 heteroatoms. The summed E-state index contributed by atoms with van der Waals surface area (Å²) in [5.41, 5.74) is 1.72. The number of hydrogen-bond donors (Lipinski definition) is 0. The van der Waals surface area contributed by atoms with Crippen molar-refractivity contribution in [2.45, 2.75) is 20.3 Å². The topological polar surface area (TPSA) is 46.6 Å². The van der Waals surface area contributed by atoms with E-state index in [1.807, 2.05) is 56.3 Å². The van der Waals surface area contributed by atoms with Crippen LogP contribution in [-0.4, -0.2) is 24.2 Å². The van der Waals surface area contributed by atoms with E-state index in [1.54, 1.807) is 12.1 Å². The van der Waals surface area contributed by atoms with Crippen LogP contribution in [-0.2, 0) is 9.59 Å². The number of anilines is 1. The normalized spacial score (nSPS) is 14.3. The molecule has 26 heavy (non-hydrogen) atoms. The molecular weight excluding hydrogens is 346 g/mol. The molecule has 2 aromatic rings. The number of carbonyl (C=O) groups is 2. The fourth-order valence-electron chi connectivity index (χ4n) is 2.84. The number of imide groups is 1. The van der Waals surface area contributed by atoms with Crippen LogP contribution in [0.4, 0.5) is 5.69 Å². The second-order valence-electron chi connectivity index (χ2n) is 5.77. The van der Waals surface area contributed by atoms with Gasteiger partial charge in [0.1, 0.15) is 5.75 Å². The van der Waals surface area contributed by atoms with E-state index in [-0.39, 0.29) is 11.8 Å². The molecule has 0 N–H and O–H groups in total. The minimum atomic E-state index is -0.301. The number of hydrogen-bond acceptors (Lipinski definition) is 4. The highest BCUT2D eigenvalue weighted by Gasteiger charge is 2.41. The van der Waals surface area contributed by atoms with Gasteiger partial charge in [-0.05, 0) is 29.9 Å². The Kier molecular flexibility index (Phi) is 5.78. The third kappa shape index (κ3) is 3.40. The molecule has 3 rings (SSSR count). The summed E-state index contributed by atoms with van der Waals surface area (Å²) in [6.07, 6.45) is 0.848. The van der Waals surface area contributed by atoms with Crippen molar-refractivity contribution in [1.82, 2.24) is 0 Å². The van der Waals surface area contributed by atoms with Crippen LogP contribution in [0.2, 0.25) is 0 Å². The molecule has 1 aliphatic heterocycles. The number of amides is 2. The molecule has 0 radical (unpaired) electrons. The maximum absolute atomic E-state index is 13.2. The average Bonchev–Trinajstić information content (AvgIpc) is 2.91. The van der Waals surface area contributed by atoms with E-state index in [0.29, 0.717) is 34.3 Å². The predicted molar refractivity (Wildman–Crippen MR) is 106 cm³/mol. The highest BCUT2D eigenvalue weighted by molar-refractivity contribution is 8.04. The molecule has 0 saturated carbocycles. The first-order chi connectivity index (χ1) is 12.7. The Morgan fingerprint density at radius 2 is 1.62 bits per heavy atom. The van der Waals surface area contributed by atoms with Crippen molar-refractivity contribution in [2.24, 2.45) is 0 Å². The maximum atomic E-state index is 13.2. The predicted octanol–water partition coefficient (Wildman–Crippen LogP) is 4.51. The van der Waals surface area contributed by atoms with Crippen LogP contribution >= 0.6 is 11.8 Å². The van der Waals surface area contributed by atoms with E-state index in [4.69, 9.17) is 4.74 Å². The van der Waals surface area contributed by atoms with Crippen molar-refractivity contribution < 1.29 is 14.3 Å². The van der Waals surface area contributed by atoms with Crippen LogP contribution in [0, 0.1) is 0 Å². The molecule has 134 valence electrons. The molecular formula is C21H21NO3S. The van der Waals surface area contributed by atoms with Gasteiger partial charge in [-0.25, -0.2) is 4.90 Å².